The highest BCUT2D eigenvalue weighted by atomic mass is 16.5. The van der Waals surface area contributed by atoms with Gasteiger partial charge < -0.3 is 23.8 Å². The minimum atomic E-state index is 0.118. The second kappa shape index (κ2) is 9.67. The van der Waals surface area contributed by atoms with Gasteiger partial charge in [-0.3, -0.25) is 4.79 Å². The van der Waals surface area contributed by atoms with Crippen molar-refractivity contribution in [1.82, 2.24) is 14.9 Å². The van der Waals surface area contributed by atoms with E-state index in [1.165, 1.54) is 23.0 Å². The number of rotatable bonds is 7. The Labute approximate surface area is 216 Å². The van der Waals surface area contributed by atoms with Gasteiger partial charge in [0.05, 0.1) is 44.3 Å². The molecule has 1 amide bonds. The zero-order valence-corrected chi connectivity index (χ0v) is 21.3. The second-order valence-corrected chi connectivity index (χ2v) is 10.3. The zero-order valence-electron chi connectivity index (χ0n) is 21.3. The number of carbonyl (C=O) groups excluding carboxylic acids is 1. The minimum absolute atomic E-state index is 0.118. The summed E-state index contributed by atoms with van der Waals surface area (Å²) in [6.45, 7) is 5.65. The standard InChI is InChI=1S/C29H31N3O5/c1-19-11-20-3-4-22(13-21(20)12-19)37-28-23-14-25(34-2)26(15-24(23)30-18-31-28)36-10-5-27(33)32-8-6-29(7-9-32)16-35-17-29/h3-4,12-15,18H,5-11,16-17H2,1-2H3. The molecule has 2 aliphatic heterocycles. The summed E-state index contributed by atoms with van der Waals surface area (Å²) in [6, 6.07) is 9.73. The van der Waals surface area contributed by atoms with Gasteiger partial charge in [0, 0.05) is 24.6 Å². The molecule has 2 fully saturated rings. The van der Waals surface area contributed by atoms with Crippen LogP contribution in [-0.2, 0) is 16.0 Å². The summed E-state index contributed by atoms with van der Waals surface area (Å²) in [7, 11) is 1.59. The van der Waals surface area contributed by atoms with Crippen LogP contribution < -0.4 is 14.2 Å². The van der Waals surface area contributed by atoms with Crippen LogP contribution in [0, 0.1) is 5.41 Å². The number of likely N-dealkylation sites (tertiary alicyclic amines) is 1. The van der Waals surface area contributed by atoms with E-state index in [1.807, 2.05) is 29.2 Å². The van der Waals surface area contributed by atoms with Gasteiger partial charge in [0.2, 0.25) is 11.8 Å². The molecule has 3 heterocycles. The molecule has 8 nitrogen and oxygen atoms in total. The molecule has 8 heteroatoms. The predicted octanol–water partition coefficient (Wildman–Crippen LogP) is 4.80. The van der Waals surface area contributed by atoms with Crippen LogP contribution in [0.1, 0.15) is 37.3 Å². The van der Waals surface area contributed by atoms with Crippen LogP contribution in [0.25, 0.3) is 17.0 Å². The third-order valence-electron chi connectivity index (χ3n) is 7.65. The number of piperidine rings is 1. The Hall–Kier alpha value is -3.65. The van der Waals surface area contributed by atoms with E-state index in [0.29, 0.717) is 34.7 Å². The highest BCUT2D eigenvalue weighted by Gasteiger charge is 2.41. The molecule has 0 N–H and O–H groups in total. The van der Waals surface area contributed by atoms with Crippen LogP contribution in [0.15, 0.2) is 42.2 Å². The quantitative estimate of drug-likeness (QED) is 0.460. The fourth-order valence-electron chi connectivity index (χ4n) is 5.37. The number of amides is 1. The molecular weight excluding hydrogens is 470 g/mol. The Morgan fingerprint density at radius 1 is 1.11 bits per heavy atom. The van der Waals surface area contributed by atoms with Gasteiger partial charge in [0.25, 0.3) is 0 Å². The zero-order chi connectivity index (χ0) is 25.4. The van der Waals surface area contributed by atoms with E-state index in [9.17, 15) is 4.79 Å². The number of hydrogen-bond donors (Lipinski definition) is 0. The summed E-state index contributed by atoms with van der Waals surface area (Å²) in [5.74, 6) is 2.36. The van der Waals surface area contributed by atoms with E-state index in [1.54, 1.807) is 7.11 Å². The van der Waals surface area contributed by atoms with Crippen LogP contribution in [0.2, 0.25) is 0 Å². The van der Waals surface area contributed by atoms with Crippen molar-refractivity contribution in [2.75, 3.05) is 40.0 Å². The van der Waals surface area contributed by atoms with Gasteiger partial charge in [-0.25, -0.2) is 9.97 Å². The average Bonchev–Trinajstić information content (AvgIpc) is 3.27. The van der Waals surface area contributed by atoms with Crippen molar-refractivity contribution in [2.24, 2.45) is 5.41 Å². The van der Waals surface area contributed by atoms with E-state index < -0.39 is 0 Å². The highest BCUT2D eigenvalue weighted by Crippen LogP contribution is 2.39. The fraction of sp³-hybridized carbons (Fsp3) is 0.414. The number of allylic oxidation sites excluding steroid dienone is 1. The first-order chi connectivity index (χ1) is 18.0. The number of fused-ring (bicyclic) bond motifs is 2. The average molecular weight is 502 g/mol. The van der Waals surface area contributed by atoms with Crippen LogP contribution >= 0.6 is 0 Å². The van der Waals surface area contributed by atoms with Gasteiger partial charge in [-0.15, -0.1) is 0 Å². The van der Waals surface area contributed by atoms with Gasteiger partial charge in [0.1, 0.15) is 12.1 Å². The van der Waals surface area contributed by atoms with E-state index in [-0.39, 0.29) is 12.5 Å². The molecule has 2 saturated heterocycles. The van der Waals surface area contributed by atoms with Gasteiger partial charge in [0.15, 0.2) is 11.5 Å². The molecule has 6 rings (SSSR count). The van der Waals surface area contributed by atoms with E-state index in [2.05, 4.69) is 29.0 Å². The molecule has 0 unspecified atom stereocenters. The van der Waals surface area contributed by atoms with Crippen LogP contribution in [0.4, 0.5) is 0 Å². The SMILES string of the molecule is COc1cc2c(Oc3ccc4c(c3)C=C(C)C4)ncnc2cc1OCCC(=O)N1CCC2(CC1)COC2. The smallest absolute Gasteiger partial charge is 0.230 e. The number of hydrogen-bond acceptors (Lipinski definition) is 7. The van der Waals surface area contributed by atoms with E-state index in [0.717, 1.165) is 56.7 Å². The molecule has 37 heavy (non-hydrogen) atoms. The summed E-state index contributed by atoms with van der Waals surface area (Å²) in [5, 5.41) is 0.720. The molecule has 0 atom stereocenters. The predicted molar refractivity (Wildman–Crippen MR) is 139 cm³/mol. The molecule has 1 aliphatic carbocycles. The Morgan fingerprint density at radius 3 is 2.70 bits per heavy atom. The van der Waals surface area contributed by atoms with Crippen molar-refractivity contribution in [2.45, 2.75) is 32.6 Å². The van der Waals surface area contributed by atoms with Crippen molar-refractivity contribution < 1.29 is 23.7 Å². The monoisotopic (exact) mass is 501 g/mol. The lowest BCUT2D eigenvalue weighted by Crippen LogP contribution is -2.52. The highest BCUT2D eigenvalue weighted by molar-refractivity contribution is 5.87. The number of ether oxygens (including phenoxy) is 4. The first-order valence-electron chi connectivity index (χ1n) is 12.8. The topological polar surface area (TPSA) is 83.0 Å². The third-order valence-corrected chi connectivity index (χ3v) is 7.65. The van der Waals surface area contributed by atoms with Crippen molar-refractivity contribution in [3.63, 3.8) is 0 Å². The minimum Gasteiger partial charge on any atom is -0.493 e. The molecule has 0 radical (unpaired) electrons. The largest absolute Gasteiger partial charge is 0.493 e. The van der Waals surface area contributed by atoms with Crippen LogP contribution in [0.5, 0.6) is 23.1 Å². The summed E-state index contributed by atoms with van der Waals surface area (Å²) in [5.41, 5.74) is 4.81. The second-order valence-electron chi connectivity index (χ2n) is 10.3. The number of aromatic nitrogens is 2. The molecular formula is C29H31N3O5. The maximum Gasteiger partial charge on any atom is 0.230 e. The lowest BCUT2D eigenvalue weighted by molar-refractivity contribution is -0.153. The molecule has 3 aromatic rings. The number of nitrogens with zero attached hydrogens (tertiary/aromatic N) is 3. The van der Waals surface area contributed by atoms with Crippen molar-refractivity contribution in [3.05, 3.63) is 53.4 Å². The van der Waals surface area contributed by atoms with Crippen LogP contribution in [0.3, 0.4) is 0 Å². The van der Waals surface area contributed by atoms with Gasteiger partial charge in [-0.2, -0.15) is 0 Å². The maximum absolute atomic E-state index is 12.7. The molecule has 1 aromatic heterocycles. The molecule has 0 bridgehead atoms. The van der Waals surface area contributed by atoms with Crippen molar-refractivity contribution >= 4 is 22.9 Å². The number of benzene rings is 2. The Kier molecular flexibility index (Phi) is 6.20. The van der Waals surface area contributed by atoms with Crippen LogP contribution in [-0.4, -0.2) is 60.8 Å². The van der Waals surface area contributed by atoms with Crippen molar-refractivity contribution in [1.29, 1.82) is 0 Å². The Balaban J connectivity index is 1.13. The fourth-order valence-corrected chi connectivity index (χ4v) is 5.37. The number of carbonyl (C=O) groups is 1. The van der Waals surface area contributed by atoms with Gasteiger partial charge in [-0.1, -0.05) is 17.7 Å². The molecule has 3 aliphatic rings. The normalized spacial score (nSPS) is 17.8. The van der Waals surface area contributed by atoms with Crippen molar-refractivity contribution in [3.8, 4) is 23.1 Å². The summed E-state index contributed by atoms with van der Waals surface area (Å²) < 4.78 is 23.1. The van der Waals surface area contributed by atoms with E-state index in [4.69, 9.17) is 18.9 Å². The van der Waals surface area contributed by atoms with E-state index >= 15 is 0 Å². The summed E-state index contributed by atoms with van der Waals surface area (Å²) in [4.78, 5) is 23.4. The molecule has 2 aromatic carbocycles. The number of methoxy groups -OCH3 is 1. The lowest BCUT2D eigenvalue weighted by Gasteiger charge is -2.47. The van der Waals surface area contributed by atoms with Gasteiger partial charge in [-0.05, 0) is 55.5 Å². The van der Waals surface area contributed by atoms with Gasteiger partial charge >= 0.3 is 0 Å². The summed E-state index contributed by atoms with van der Waals surface area (Å²) in [6.07, 6.45) is 6.99. The molecule has 1 spiro atoms. The third kappa shape index (κ3) is 4.73. The molecule has 192 valence electrons. The maximum atomic E-state index is 12.7. The summed E-state index contributed by atoms with van der Waals surface area (Å²) >= 11 is 0. The Morgan fingerprint density at radius 2 is 1.95 bits per heavy atom. The molecule has 0 saturated carbocycles. The Bertz CT molecular complexity index is 1370. The lowest BCUT2D eigenvalue weighted by atomic mass is 9.77. The first kappa shape index (κ1) is 23.7. The first-order valence-corrected chi connectivity index (χ1v) is 12.8.